The highest BCUT2D eigenvalue weighted by atomic mass is 16.5. The molecular weight excluding hydrogens is 402 g/mol. The highest BCUT2D eigenvalue weighted by Gasteiger charge is 2.17. The fourth-order valence-corrected chi connectivity index (χ4v) is 3.58. The van der Waals surface area contributed by atoms with Gasteiger partial charge in [-0.25, -0.2) is 9.78 Å². The van der Waals surface area contributed by atoms with Gasteiger partial charge in [-0.05, 0) is 31.2 Å². The van der Waals surface area contributed by atoms with Crippen molar-refractivity contribution >= 4 is 11.8 Å². The standard InChI is InChI=1S/C26H25N3O3/c1-19-27-24(20-9-5-3-6-10-20)25(21-11-7-4-8-12-21)29(19)17-18-32-23-15-13-22(14-16-23)28-26(30)31-2/h3-16H,17-18H2,1-2H3,(H,28,30). The minimum Gasteiger partial charge on any atom is -0.492 e. The summed E-state index contributed by atoms with van der Waals surface area (Å²) in [5.74, 6) is 1.66. The van der Waals surface area contributed by atoms with Crippen LogP contribution in [0.25, 0.3) is 22.5 Å². The average Bonchev–Trinajstić information content (AvgIpc) is 3.17. The summed E-state index contributed by atoms with van der Waals surface area (Å²) >= 11 is 0. The third-order valence-corrected chi connectivity index (χ3v) is 5.12. The van der Waals surface area contributed by atoms with Crippen LogP contribution in [-0.4, -0.2) is 29.4 Å². The number of imidazole rings is 1. The van der Waals surface area contributed by atoms with E-state index in [2.05, 4.69) is 38.9 Å². The van der Waals surface area contributed by atoms with E-state index >= 15 is 0 Å². The Labute approximate surface area is 187 Å². The highest BCUT2D eigenvalue weighted by Crippen LogP contribution is 2.32. The van der Waals surface area contributed by atoms with E-state index in [1.54, 1.807) is 12.1 Å². The molecule has 0 fully saturated rings. The number of hydrogen-bond donors (Lipinski definition) is 1. The monoisotopic (exact) mass is 427 g/mol. The number of rotatable bonds is 7. The minimum atomic E-state index is -0.503. The van der Waals surface area contributed by atoms with Crippen molar-refractivity contribution in [1.82, 2.24) is 9.55 Å². The quantitative estimate of drug-likeness (QED) is 0.406. The van der Waals surface area contributed by atoms with E-state index in [9.17, 15) is 4.79 Å². The second-order valence-electron chi connectivity index (χ2n) is 7.23. The van der Waals surface area contributed by atoms with Crippen LogP contribution in [0.15, 0.2) is 84.9 Å². The molecule has 6 heteroatoms. The second kappa shape index (κ2) is 9.83. The van der Waals surface area contributed by atoms with Crippen molar-refractivity contribution in [3.63, 3.8) is 0 Å². The number of hydrogen-bond acceptors (Lipinski definition) is 4. The van der Waals surface area contributed by atoms with Crippen LogP contribution < -0.4 is 10.1 Å². The number of anilines is 1. The number of amides is 1. The Kier molecular flexibility index (Phi) is 6.51. The Hall–Kier alpha value is -4.06. The van der Waals surface area contributed by atoms with Crippen molar-refractivity contribution in [1.29, 1.82) is 0 Å². The van der Waals surface area contributed by atoms with Gasteiger partial charge in [-0.15, -0.1) is 0 Å². The molecule has 1 amide bonds. The third-order valence-electron chi connectivity index (χ3n) is 5.12. The fraction of sp³-hybridized carbons (Fsp3) is 0.154. The van der Waals surface area contributed by atoms with E-state index in [1.165, 1.54) is 7.11 Å². The smallest absolute Gasteiger partial charge is 0.411 e. The summed E-state index contributed by atoms with van der Waals surface area (Å²) in [5.41, 5.74) is 4.89. The molecule has 0 saturated carbocycles. The molecule has 0 spiro atoms. The first-order valence-electron chi connectivity index (χ1n) is 10.4. The van der Waals surface area contributed by atoms with Crippen LogP contribution in [0.3, 0.4) is 0 Å². The van der Waals surface area contributed by atoms with Crippen molar-refractivity contribution in [3.8, 4) is 28.3 Å². The number of benzene rings is 3. The zero-order chi connectivity index (χ0) is 22.3. The van der Waals surface area contributed by atoms with Crippen LogP contribution >= 0.6 is 0 Å². The normalized spacial score (nSPS) is 10.6. The van der Waals surface area contributed by atoms with Gasteiger partial charge in [0.2, 0.25) is 0 Å². The average molecular weight is 428 g/mol. The van der Waals surface area contributed by atoms with Gasteiger partial charge in [0.25, 0.3) is 0 Å². The zero-order valence-electron chi connectivity index (χ0n) is 18.1. The molecule has 162 valence electrons. The van der Waals surface area contributed by atoms with E-state index in [-0.39, 0.29) is 0 Å². The maximum absolute atomic E-state index is 11.3. The lowest BCUT2D eigenvalue weighted by Gasteiger charge is -2.13. The van der Waals surface area contributed by atoms with Gasteiger partial charge < -0.3 is 14.0 Å². The molecule has 0 unspecified atom stereocenters. The SMILES string of the molecule is COC(=O)Nc1ccc(OCCn2c(C)nc(-c3ccccc3)c2-c2ccccc2)cc1. The van der Waals surface area contributed by atoms with Crippen molar-refractivity contribution < 1.29 is 14.3 Å². The Morgan fingerprint density at radius 1 is 0.906 bits per heavy atom. The lowest BCUT2D eigenvalue weighted by Crippen LogP contribution is -2.12. The minimum absolute atomic E-state index is 0.481. The number of methoxy groups -OCH3 is 1. The molecule has 1 aromatic heterocycles. The summed E-state index contributed by atoms with van der Waals surface area (Å²) in [4.78, 5) is 16.2. The molecule has 0 atom stereocenters. The van der Waals surface area contributed by atoms with Crippen LogP contribution in [0.1, 0.15) is 5.82 Å². The Bertz CT molecular complexity index is 1170. The lowest BCUT2D eigenvalue weighted by molar-refractivity contribution is 0.187. The first-order valence-corrected chi connectivity index (χ1v) is 10.4. The maximum Gasteiger partial charge on any atom is 0.411 e. The van der Waals surface area contributed by atoms with Crippen LogP contribution in [0.2, 0.25) is 0 Å². The van der Waals surface area contributed by atoms with Crippen molar-refractivity contribution in [2.75, 3.05) is 19.0 Å². The van der Waals surface area contributed by atoms with E-state index in [0.29, 0.717) is 18.8 Å². The molecule has 1 N–H and O–H groups in total. The summed E-state index contributed by atoms with van der Waals surface area (Å²) < 4.78 is 12.8. The van der Waals surface area contributed by atoms with Crippen LogP contribution in [0, 0.1) is 6.92 Å². The molecule has 4 aromatic rings. The molecule has 0 aliphatic carbocycles. The largest absolute Gasteiger partial charge is 0.492 e. The van der Waals surface area contributed by atoms with E-state index in [1.807, 2.05) is 55.5 Å². The zero-order valence-corrected chi connectivity index (χ0v) is 18.1. The predicted molar refractivity (Wildman–Crippen MR) is 126 cm³/mol. The molecule has 1 heterocycles. The Morgan fingerprint density at radius 3 is 2.16 bits per heavy atom. The molecule has 0 radical (unpaired) electrons. The molecule has 0 aliphatic heterocycles. The maximum atomic E-state index is 11.3. The Balaban J connectivity index is 1.54. The molecular formula is C26H25N3O3. The van der Waals surface area contributed by atoms with Gasteiger partial charge >= 0.3 is 6.09 Å². The molecule has 0 bridgehead atoms. The van der Waals surface area contributed by atoms with E-state index in [4.69, 9.17) is 9.72 Å². The van der Waals surface area contributed by atoms with Crippen molar-refractivity contribution in [3.05, 3.63) is 90.8 Å². The molecule has 0 aliphatic rings. The molecule has 0 saturated heterocycles. The van der Waals surface area contributed by atoms with Gasteiger partial charge in [-0.3, -0.25) is 5.32 Å². The number of carbonyl (C=O) groups excluding carboxylic acids is 1. The summed E-state index contributed by atoms with van der Waals surface area (Å²) in [5, 5.41) is 2.62. The van der Waals surface area contributed by atoms with Gasteiger partial charge in [0, 0.05) is 16.8 Å². The van der Waals surface area contributed by atoms with Crippen LogP contribution in [0.5, 0.6) is 5.75 Å². The number of carbonyl (C=O) groups is 1. The van der Waals surface area contributed by atoms with Gasteiger partial charge in [-0.1, -0.05) is 60.7 Å². The fourth-order valence-electron chi connectivity index (χ4n) is 3.58. The second-order valence-corrected chi connectivity index (χ2v) is 7.23. The van der Waals surface area contributed by atoms with Crippen LogP contribution in [-0.2, 0) is 11.3 Å². The predicted octanol–water partition coefficient (Wildman–Crippen LogP) is 5.78. The summed E-state index contributed by atoms with van der Waals surface area (Å²) in [6.07, 6.45) is -0.503. The number of nitrogens with one attached hydrogen (secondary N) is 1. The highest BCUT2D eigenvalue weighted by molar-refractivity contribution is 5.84. The number of aromatic nitrogens is 2. The Morgan fingerprint density at radius 2 is 1.53 bits per heavy atom. The van der Waals surface area contributed by atoms with Crippen molar-refractivity contribution in [2.24, 2.45) is 0 Å². The molecule has 6 nitrogen and oxygen atoms in total. The van der Waals surface area contributed by atoms with Gasteiger partial charge in [0.1, 0.15) is 18.2 Å². The van der Waals surface area contributed by atoms with Crippen molar-refractivity contribution in [2.45, 2.75) is 13.5 Å². The third kappa shape index (κ3) is 4.81. The summed E-state index contributed by atoms with van der Waals surface area (Å²) in [6.45, 7) is 3.15. The number of nitrogens with zero attached hydrogens (tertiary/aromatic N) is 2. The number of aryl methyl sites for hydroxylation is 1. The first kappa shape index (κ1) is 21.2. The van der Waals surface area contributed by atoms with Gasteiger partial charge in [0.15, 0.2) is 0 Å². The topological polar surface area (TPSA) is 65.4 Å². The van der Waals surface area contributed by atoms with Crippen LogP contribution in [0.4, 0.5) is 10.5 Å². The van der Waals surface area contributed by atoms with Gasteiger partial charge in [-0.2, -0.15) is 0 Å². The van der Waals surface area contributed by atoms with Gasteiger partial charge in [0.05, 0.1) is 25.0 Å². The van der Waals surface area contributed by atoms with E-state index < -0.39 is 6.09 Å². The first-order chi connectivity index (χ1) is 15.7. The summed E-state index contributed by atoms with van der Waals surface area (Å²) in [6, 6.07) is 27.7. The molecule has 4 rings (SSSR count). The van der Waals surface area contributed by atoms with E-state index in [0.717, 1.165) is 34.1 Å². The number of ether oxygens (including phenoxy) is 2. The summed E-state index contributed by atoms with van der Waals surface area (Å²) in [7, 11) is 1.33. The molecule has 3 aromatic carbocycles. The molecule has 32 heavy (non-hydrogen) atoms. The lowest BCUT2D eigenvalue weighted by atomic mass is 10.0.